The fourth-order valence-electron chi connectivity index (χ4n) is 4.04. The van der Waals surface area contributed by atoms with Gasteiger partial charge in [0.15, 0.2) is 9.84 Å². The summed E-state index contributed by atoms with van der Waals surface area (Å²) in [6.45, 7) is 0.975. The van der Waals surface area contributed by atoms with Crippen LogP contribution >= 0.6 is 0 Å². The average Bonchev–Trinajstić information content (AvgIpc) is 2.91. The van der Waals surface area contributed by atoms with Gasteiger partial charge in [0.2, 0.25) is 15.9 Å². The first-order chi connectivity index (χ1) is 14.6. The molecular formula is C20H31N3O6S2. The largest absolute Gasteiger partial charge is 0.495 e. The van der Waals surface area contributed by atoms with Gasteiger partial charge in [-0.1, -0.05) is 12.8 Å². The van der Waals surface area contributed by atoms with Crippen molar-refractivity contribution in [2.75, 3.05) is 50.6 Å². The number of anilines is 1. The summed E-state index contributed by atoms with van der Waals surface area (Å²) >= 11 is 0. The van der Waals surface area contributed by atoms with Gasteiger partial charge in [0.1, 0.15) is 5.75 Å². The molecule has 2 heterocycles. The van der Waals surface area contributed by atoms with E-state index in [4.69, 9.17) is 4.74 Å². The molecule has 1 unspecified atom stereocenters. The van der Waals surface area contributed by atoms with E-state index in [1.54, 1.807) is 11.9 Å². The molecule has 0 saturated carbocycles. The van der Waals surface area contributed by atoms with Crippen LogP contribution < -0.4 is 10.1 Å². The van der Waals surface area contributed by atoms with Crippen molar-refractivity contribution in [2.45, 2.75) is 43.0 Å². The number of ether oxygens (including phenoxy) is 1. The molecular weight excluding hydrogens is 442 g/mol. The number of carbonyl (C=O) groups is 1. The fraction of sp³-hybridized carbons (Fsp3) is 0.650. The maximum atomic E-state index is 13.1. The third-order valence-electron chi connectivity index (χ3n) is 5.87. The molecule has 2 fully saturated rings. The van der Waals surface area contributed by atoms with Gasteiger partial charge >= 0.3 is 0 Å². The highest BCUT2D eigenvalue weighted by atomic mass is 32.2. The Bertz CT molecular complexity index is 1000. The van der Waals surface area contributed by atoms with E-state index < -0.39 is 19.9 Å². The molecule has 0 bridgehead atoms. The number of sulfone groups is 1. The first kappa shape index (κ1) is 24.0. The van der Waals surface area contributed by atoms with Crippen LogP contribution in [-0.4, -0.2) is 83.3 Å². The van der Waals surface area contributed by atoms with Crippen LogP contribution in [0.25, 0.3) is 0 Å². The van der Waals surface area contributed by atoms with Crippen LogP contribution in [-0.2, 0) is 24.7 Å². The molecule has 1 atom stereocenters. The molecule has 0 spiro atoms. The standard InChI is InChI=1S/C20H31N3O6S2/c1-22(16-9-12-30(25,26)15-16)14-20(24)21-18-13-17(7-8-19(18)29-2)31(27,28)23-10-5-3-4-6-11-23/h7-8,13,16H,3-6,9-12,14-15H2,1-2H3,(H,21,24). The number of carbonyl (C=O) groups excluding carboxylic acids is 1. The molecule has 2 aliphatic rings. The molecule has 0 radical (unpaired) electrons. The first-order valence-electron chi connectivity index (χ1n) is 10.5. The monoisotopic (exact) mass is 473 g/mol. The quantitative estimate of drug-likeness (QED) is 0.635. The van der Waals surface area contributed by atoms with Crippen molar-refractivity contribution >= 4 is 31.5 Å². The Kier molecular flexibility index (Phi) is 7.61. The SMILES string of the molecule is COc1ccc(S(=O)(=O)N2CCCCCC2)cc1NC(=O)CN(C)C1CCS(=O)(=O)C1. The van der Waals surface area contributed by atoms with E-state index in [1.165, 1.54) is 29.6 Å². The highest BCUT2D eigenvalue weighted by molar-refractivity contribution is 7.91. The molecule has 31 heavy (non-hydrogen) atoms. The van der Waals surface area contributed by atoms with Crippen molar-refractivity contribution in [1.29, 1.82) is 0 Å². The van der Waals surface area contributed by atoms with Gasteiger partial charge in [0.25, 0.3) is 0 Å². The molecule has 3 rings (SSSR count). The average molecular weight is 474 g/mol. The minimum absolute atomic E-state index is 0.00750. The van der Waals surface area contributed by atoms with E-state index in [1.807, 2.05) is 0 Å². The van der Waals surface area contributed by atoms with Crippen molar-refractivity contribution < 1.29 is 26.4 Å². The van der Waals surface area contributed by atoms with Gasteiger partial charge in [-0.05, 0) is 44.5 Å². The van der Waals surface area contributed by atoms with E-state index >= 15 is 0 Å². The molecule has 174 valence electrons. The van der Waals surface area contributed by atoms with Crippen LogP contribution in [0.1, 0.15) is 32.1 Å². The molecule has 9 nitrogen and oxygen atoms in total. The maximum absolute atomic E-state index is 13.1. The number of likely N-dealkylation sites (N-methyl/N-ethyl adjacent to an activating group) is 1. The summed E-state index contributed by atoms with van der Waals surface area (Å²) in [4.78, 5) is 14.4. The van der Waals surface area contributed by atoms with Gasteiger partial charge in [0.05, 0.1) is 35.7 Å². The lowest BCUT2D eigenvalue weighted by Gasteiger charge is -2.23. The van der Waals surface area contributed by atoms with Crippen LogP contribution in [0.2, 0.25) is 0 Å². The van der Waals surface area contributed by atoms with E-state index in [2.05, 4.69) is 5.32 Å². The van der Waals surface area contributed by atoms with Crippen LogP contribution in [0.3, 0.4) is 0 Å². The number of nitrogens with one attached hydrogen (secondary N) is 1. The topological polar surface area (TPSA) is 113 Å². The van der Waals surface area contributed by atoms with Crippen LogP contribution in [0.15, 0.2) is 23.1 Å². The van der Waals surface area contributed by atoms with Gasteiger partial charge in [-0.3, -0.25) is 9.69 Å². The molecule has 1 aromatic carbocycles. The van der Waals surface area contributed by atoms with E-state index in [0.29, 0.717) is 25.3 Å². The number of methoxy groups -OCH3 is 1. The molecule has 2 saturated heterocycles. The molecule has 2 aliphatic heterocycles. The Balaban J connectivity index is 1.73. The second-order valence-electron chi connectivity index (χ2n) is 8.20. The molecule has 0 aliphatic carbocycles. The Morgan fingerprint density at radius 2 is 1.90 bits per heavy atom. The highest BCUT2D eigenvalue weighted by Gasteiger charge is 2.31. The lowest BCUT2D eigenvalue weighted by Crippen LogP contribution is -2.38. The third kappa shape index (κ3) is 5.97. The first-order valence-corrected chi connectivity index (χ1v) is 13.8. The predicted octanol–water partition coefficient (Wildman–Crippen LogP) is 1.32. The predicted molar refractivity (Wildman–Crippen MR) is 119 cm³/mol. The second kappa shape index (κ2) is 9.85. The van der Waals surface area contributed by atoms with E-state index in [9.17, 15) is 21.6 Å². The zero-order chi connectivity index (χ0) is 22.6. The number of amides is 1. The van der Waals surface area contributed by atoms with Crippen molar-refractivity contribution in [2.24, 2.45) is 0 Å². The number of sulfonamides is 1. The number of nitrogens with zero attached hydrogens (tertiary/aromatic N) is 2. The summed E-state index contributed by atoms with van der Waals surface area (Å²) in [5.74, 6) is 0.168. The molecule has 1 N–H and O–H groups in total. The Morgan fingerprint density at radius 3 is 2.48 bits per heavy atom. The number of benzene rings is 1. The van der Waals surface area contributed by atoms with E-state index in [0.717, 1.165) is 25.7 Å². The summed E-state index contributed by atoms with van der Waals surface area (Å²) in [6, 6.07) is 4.25. The zero-order valence-electron chi connectivity index (χ0n) is 18.0. The minimum atomic E-state index is -3.67. The summed E-state index contributed by atoms with van der Waals surface area (Å²) in [6.07, 6.45) is 4.21. The zero-order valence-corrected chi connectivity index (χ0v) is 19.7. The Labute approximate surface area is 184 Å². The fourth-order valence-corrected chi connectivity index (χ4v) is 7.39. The van der Waals surface area contributed by atoms with Gasteiger partial charge in [0, 0.05) is 19.1 Å². The number of hydrogen-bond donors (Lipinski definition) is 1. The van der Waals surface area contributed by atoms with E-state index in [-0.39, 0.29) is 40.6 Å². The smallest absolute Gasteiger partial charge is 0.243 e. The lowest BCUT2D eigenvalue weighted by molar-refractivity contribution is -0.117. The summed E-state index contributed by atoms with van der Waals surface area (Å²) in [5, 5.41) is 2.73. The molecule has 1 aromatic rings. The third-order valence-corrected chi connectivity index (χ3v) is 9.52. The van der Waals surface area contributed by atoms with Crippen molar-refractivity contribution in [3.05, 3.63) is 18.2 Å². The molecule has 0 aromatic heterocycles. The van der Waals surface area contributed by atoms with Crippen LogP contribution in [0.4, 0.5) is 5.69 Å². The maximum Gasteiger partial charge on any atom is 0.243 e. The summed E-state index contributed by atoms with van der Waals surface area (Å²) < 4.78 is 56.4. The van der Waals surface area contributed by atoms with Crippen LogP contribution in [0, 0.1) is 0 Å². The number of rotatable bonds is 7. The molecule has 11 heteroatoms. The van der Waals surface area contributed by atoms with Gasteiger partial charge in [-0.15, -0.1) is 0 Å². The van der Waals surface area contributed by atoms with Crippen molar-refractivity contribution in [3.8, 4) is 5.75 Å². The normalized spacial score (nSPS) is 22.2. The number of hydrogen-bond acceptors (Lipinski definition) is 7. The summed E-state index contributed by atoms with van der Waals surface area (Å²) in [7, 11) is -3.56. The van der Waals surface area contributed by atoms with Crippen molar-refractivity contribution in [3.63, 3.8) is 0 Å². The van der Waals surface area contributed by atoms with Gasteiger partial charge in [-0.25, -0.2) is 16.8 Å². The Hall–Kier alpha value is -1.69. The minimum Gasteiger partial charge on any atom is -0.495 e. The molecule has 1 amide bonds. The van der Waals surface area contributed by atoms with Crippen LogP contribution in [0.5, 0.6) is 5.75 Å². The van der Waals surface area contributed by atoms with Gasteiger partial charge in [-0.2, -0.15) is 4.31 Å². The Morgan fingerprint density at radius 1 is 1.23 bits per heavy atom. The lowest BCUT2D eigenvalue weighted by atomic mass is 10.2. The second-order valence-corrected chi connectivity index (χ2v) is 12.4. The van der Waals surface area contributed by atoms with Crippen molar-refractivity contribution in [1.82, 2.24) is 9.21 Å². The van der Waals surface area contributed by atoms with Gasteiger partial charge < -0.3 is 10.1 Å². The summed E-state index contributed by atoms with van der Waals surface area (Å²) in [5.41, 5.74) is 0.274. The highest BCUT2D eigenvalue weighted by Crippen LogP contribution is 2.30.